The Labute approximate surface area is 138 Å². The van der Waals surface area contributed by atoms with Gasteiger partial charge >= 0.3 is 0 Å². The van der Waals surface area contributed by atoms with Crippen LogP contribution < -0.4 is 10.6 Å². The molecule has 0 aromatic heterocycles. The fourth-order valence-corrected chi connectivity index (χ4v) is 5.55. The molecule has 0 aliphatic carbocycles. The number of aryl methyl sites for hydroxylation is 4. The van der Waals surface area contributed by atoms with Gasteiger partial charge in [0.25, 0.3) is 0 Å². The number of benzene rings is 2. The van der Waals surface area contributed by atoms with Crippen molar-refractivity contribution < 1.29 is 0 Å². The average Bonchev–Trinajstić information content (AvgIpc) is 2.59. The van der Waals surface area contributed by atoms with Crippen LogP contribution in [0, 0.1) is 0 Å². The van der Waals surface area contributed by atoms with Gasteiger partial charge in [-0.05, 0) is 58.5 Å². The summed E-state index contributed by atoms with van der Waals surface area (Å²) >= 11 is 0. The van der Waals surface area contributed by atoms with Crippen LogP contribution in [-0.4, -0.2) is 7.57 Å². The van der Waals surface area contributed by atoms with Gasteiger partial charge in [-0.2, -0.15) is 0 Å². The number of hydrogen-bond donors (Lipinski definition) is 0. The van der Waals surface area contributed by atoms with Crippen molar-refractivity contribution in [2.45, 2.75) is 53.4 Å². The first-order valence-electron chi connectivity index (χ1n) is 8.44. The molecular formula is C20H26BP. The lowest BCUT2D eigenvalue weighted by Gasteiger charge is -2.25. The van der Waals surface area contributed by atoms with E-state index < -0.39 is 7.80 Å². The Morgan fingerprint density at radius 3 is 1.14 bits per heavy atom. The van der Waals surface area contributed by atoms with Gasteiger partial charge in [-0.3, -0.25) is 0 Å². The third-order valence-electron chi connectivity index (χ3n) is 4.41. The van der Waals surface area contributed by atoms with Gasteiger partial charge in [-0.1, -0.05) is 71.9 Å². The Morgan fingerprint density at radius 1 is 0.636 bits per heavy atom. The summed E-state index contributed by atoms with van der Waals surface area (Å²) in [5, 5.41) is 2.83. The SMILES string of the molecule is [B]P(c1c(CC)cccc1CC)c1c(CC)cccc1CC. The molecule has 0 saturated carbocycles. The molecule has 0 spiro atoms. The van der Waals surface area contributed by atoms with Crippen molar-refractivity contribution in [3.63, 3.8) is 0 Å². The molecule has 2 aromatic carbocycles. The first-order chi connectivity index (χ1) is 10.7. The van der Waals surface area contributed by atoms with E-state index in [0.717, 1.165) is 25.7 Å². The highest BCUT2D eigenvalue weighted by Gasteiger charge is 2.19. The second-order valence-corrected chi connectivity index (χ2v) is 7.27. The van der Waals surface area contributed by atoms with Crippen molar-refractivity contribution in [2.24, 2.45) is 0 Å². The summed E-state index contributed by atoms with van der Waals surface area (Å²) < 4.78 is 0. The van der Waals surface area contributed by atoms with Crippen LogP contribution in [0.25, 0.3) is 0 Å². The van der Waals surface area contributed by atoms with Crippen molar-refractivity contribution in [1.82, 2.24) is 0 Å². The van der Waals surface area contributed by atoms with Crippen LogP contribution in [0.4, 0.5) is 0 Å². The first-order valence-corrected chi connectivity index (χ1v) is 9.85. The Kier molecular flexibility index (Phi) is 6.27. The van der Waals surface area contributed by atoms with E-state index in [1.165, 1.54) is 32.9 Å². The molecule has 2 radical (unpaired) electrons. The lowest BCUT2D eigenvalue weighted by Crippen LogP contribution is -2.24. The largest absolute Gasteiger partial charge is 0.121 e. The van der Waals surface area contributed by atoms with Crippen LogP contribution in [0.15, 0.2) is 36.4 Å². The molecule has 0 aliphatic rings. The Morgan fingerprint density at radius 2 is 0.909 bits per heavy atom. The van der Waals surface area contributed by atoms with Crippen LogP contribution >= 0.6 is 7.80 Å². The molecule has 0 nitrogen and oxygen atoms in total. The zero-order valence-corrected chi connectivity index (χ0v) is 15.2. The summed E-state index contributed by atoms with van der Waals surface area (Å²) in [6.07, 6.45) is 4.20. The third kappa shape index (κ3) is 3.30. The van der Waals surface area contributed by atoms with Gasteiger partial charge in [0.2, 0.25) is 0 Å². The standard InChI is InChI=1S/C20H26BP/c1-5-15-11-9-12-16(6-2)19(15)22(21)20-17(7-3)13-10-14-18(20)8-4/h9-14H,5-8H2,1-4H3. The van der Waals surface area contributed by atoms with Gasteiger partial charge in [0.15, 0.2) is 0 Å². The maximum Gasteiger partial charge on any atom is 0.121 e. The minimum absolute atomic E-state index is 0.777. The molecule has 0 aliphatic heterocycles. The summed E-state index contributed by atoms with van der Waals surface area (Å²) in [7, 11) is 6.11. The van der Waals surface area contributed by atoms with Gasteiger partial charge < -0.3 is 0 Å². The minimum atomic E-state index is -0.777. The lowest BCUT2D eigenvalue weighted by atomic mass is 10.1. The van der Waals surface area contributed by atoms with E-state index in [1.807, 2.05) is 0 Å². The molecule has 2 aromatic rings. The molecular weight excluding hydrogens is 282 g/mol. The van der Waals surface area contributed by atoms with E-state index in [9.17, 15) is 0 Å². The lowest BCUT2D eigenvalue weighted by molar-refractivity contribution is 1.10. The molecule has 0 fully saturated rings. The normalized spacial score (nSPS) is 11.1. The predicted molar refractivity (Wildman–Crippen MR) is 102 cm³/mol. The maximum atomic E-state index is 6.89. The quantitative estimate of drug-likeness (QED) is 0.546. The Hall–Kier alpha value is -1.07. The molecule has 2 heteroatoms. The Bertz CT molecular complexity index is 534. The van der Waals surface area contributed by atoms with Gasteiger partial charge in [-0.25, -0.2) is 0 Å². The average molecular weight is 308 g/mol. The maximum absolute atomic E-state index is 6.89. The minimum Gasteiger partial charge on any atom is -0.0949 e. The third-order valence-corrected chi connectivity index (χ3v) is 6.52. The summed E-state index contributed by atoms with van der Waals surface area (Å²) in [6, 6.07) is 13.3. The van der Waals surface area contributed by atoms with Gasteiger partial charge in [0.05, 0.1) is 0 Å². The second kappa shape index (κ2) is 7.98. The molecule has 22 heavy (non-hydrogen) atoms. The highest BCUT2D eigenvalue weighted by Crippen LogP contribution is 2.34. The zero-order chi connectivity index (χ0) is 16.1. The molecule has 0 saturated heterocycles. The topological polar surface area (TPSA) is 0 Å². The van der Waals surface area contributed by atoms with E-state index in [-0.39, 0.29) is 0 Å². The fraction of sp³-hybridized carbons (Fsp3) is 0.400. The van der Waals surface area contributed by atoms with Crippen LogP contribution in [0.5, 0.6) is 0 Å². The Balaban J connectivity index is 2.65. The van der Waals surface area contributed by atoms with Gasteiger partial charge in [0.1, 0.15) is 7.57 Å². The van der Waals surface area contributed by atoms with Crippen LogP contribution in [0.3, 0.4) is 0 Å². The van der Waals surface area contributed by atoms with E-state index in [0.29, 0.717) is 0 Å². The number of rotatable bonds is 6. The van der Waals surface area contributed by atoms with E-state index >= 15 is 0 Å². The van der Waals surface area contributed by atoms with E-state index in [2.05, 4.69) is 64.1 Å². The summed E-state index contributed by atoms with van der Waals surface area (Å²) in [5.41, 5.74) is 5.67. The molecule has 114 valence electrons. The molecule has 0 amide bonds. The molecule has 0 atom stereocenters. The number of hydrogen-bond acceptors (Lipinski definition) is 0. The highest BCUT2D eigenvalue weighted by molar-refractivity contribution is 7.94. The van der Waals surface area contributed by atoms with Crippen LogP contribution in [0.1, 0.15) is 49.9 Å². The fourth-order valence-electron chi connectivity index (χ4n) is 3.16. The molecule has 2 rings (SSSR count). The van der Waals surface area contributed by atoms with Crippen molar-refractivity contribution in [3.8, 4) is 0 Å². The molecule has 0 heterocycles. The van der Waals surface area contributed by atoms with Gasteiger partial charge in [0, 0.05) is 0 Å². The molecule has 0 unspecified atom stereocenters. The predicted octanol–water partition coefficient (Wildman–Crippen LogP) is 4.45. The van der Waals surface area contributed by atoms with Crippen molar-refractivity contribution in [1.29, 1.82) is 0 Å². The first kappa shape index (κ1) is 17.3. The van der Waals surface area contributed by atoms with E-state index in [4.69, 9.17) is 7.57 Å². The summed E-state index contributed by atoms with van der Waals surface area (Å²) in [5.74, 6) is 0. The summed E-state index contributed by atoms with van der Waals surface area (Å²) in [6.45, 7) is 8.92. The zero-order valence-electron chi connectivity index (χ0n) is 14.3. The highest BCUT2D eigenvalue weighted by atomic mass is 31.1. The second-order valence-electron chi connectivity index (χ2n) is 5.63. The van der Waals surface area contributed by atoms with E-state index in [1.54, 1.807) is 0 Å². The van der Waals surface area contributed by atoms with Crippen molar-refractivity contribution in [3.05, 3.63) is 58.7 Å². The molecule has 0 N–H and O–H groups in total. The van der Waals surface area contributed by atoms with Crippen LogP contribution in [0.2, 0.25) is 0 Å². The van der Waals surface area contributed by atoms with Crippen molar-refractivity contribution >= 4 is 26.0 Å². The smallest absolute Gasteiger partial charge is 0.0949 e. The summed E-state index contributed by atoms with van der Waals surface area (Å²) in [4.78, 5) is 0. The monoisotopic (exact) mass is 308 g/mol. The van der Waals surface area contributed by atoms with Gasteiger partial charge in [-0.15, -0.1) is 0 Å². The van der Waals surface area contributed by atoms with Crippen molar-refractivity contribution in [2.75, 3.05) is 0 Å². The molecule has 0 bridgehead atoms. The van der Waals surface area contributed by atoms with Crippen LogP contribution in [-0.2, 0) is 25.7 Å².